The van der Waals surface area contributed by atoms with Crippen molar-refractivity contribution in [2.75, 3.05) is 22.5 Å². The molecular formula is C16H22N6O. The third-order valence-corrected chi connectivity index (χ3v) is 3.04. The van der Waals surface area contributed by atoms with E-state index in [9.17, 15) is 4.79 Å². The molecule has 3 N–H and O–H groups in total. The monoisotopic (exact) mass is 314 g/mol. The largest absolute Gasteiger partial charge is 0.353 e. The number of benzene rings is 1. The number of nitrogens with zero attached hydrogens (tertiary/aromatic N) is 3. The Bertz CT molecular complexity index is 641. The van der Waals surface area contributed by atoms with E-state index in [0.29, 0.717) is 17.7 Å². The second-order valence-electron chi connectivity index (χ2n) is 5.66. The number of rotatable bonds is 7. The summed E-state index contributed by atoms with van der Waals surface area (Å²) in [5.74, 6) is 1.64. The van der Waals surface area contributed by atoms with E-state index >= 15 is 0 Å². The molecule has 0 radical (unpaired) electrons. The van der Waals surface area contributed by atoms with Crippen molar-refractivity contribution in [3.63, 3.8) is 0 Å². The summed E-state index contributed by atoms with van der Waals surface area (Å²) in [6, 6.07) is 7.36. The highest BCUT2D eigenvalue weighted by atomic mass is 16.1. The summed E-state index contributed by atoms with van der Waals surface area (Å²) in [5, 5.41) is 16.9. The first-order valence-electron chi connectivity index (χ1n) is 7.61. The maximum atomic E-state index is 11.0. The highest BCUT2D eigenvalue weighted by Crippen LogP contribution is 2.17. The van der Waals surface area contributed by atoms with Gasteiger partial charge in [0.05, 0.1) is 6.20 Å². The predicted octanol–water partition coefficient (Wildman–Crippen LogP) is 3.03. The molecule has 2 rings (SSSR count). The quantitative estimate of drug-likeness (QED) is 0.727. The molecule has 0 aliphatic heterocycles. The first-order valence-corrected chi connectivity index (χ1v) is 7.61. The molecule has 0 aliphatic carbocycles. The van der Waals surface area contributed by atoms with Crippen LogP contribution in [0.2, 0.25) is 0 Å². The number of aromatic nitrogens is 3. The molecule has 1 aromatic heterocycles. The minimum Gasteiger partial charge on any atom is -0.353 e. The van der Waals surface area contributed by atoms with Gasteiger partial charge >= 0.3 is 0 Å². The Labute approximate surface area is 135 Å². The predicted molar refractivity (Wildman–Crippen MR) is 91.8 cm³/mol. The fraction of sp³-hybridized carbons (Fsp3) is 0.375. The van der Waals surface area contributed by atoms with E-state index in [1.165, 1.54) is 6.92 Å². The molecule has 1 aromatic carbocycles. The van der Waals surface area contributed by atoms with Crippen LogP contribution in [-0.2, 0) is 4.79 Å². The van der Waals surface area contributed by atoms with Crippen molar-refractivity contribution in [1.82, 2.24) is 15.2 Å². The van der Waals surface area contributed by atoms with Gasteiger partial charge in [-0.1, -0.05) is 13.8 Å². The Kier molecular flexibility index (Phi) is 5.85. The van der Waals surface area contributed by atoms with Gasteiger partial charge in [-0.15, -0.1) is 5.10 Å². The van der Waals surface area contributed by atoms with E-state index in [2.05, 4.69) is 45.0 Å². The number of amides is 1. The molecular weight excluding hydrogens is 292 g/mol. The summed E-state index contributed by atoms with van der Waals surface area (Å²) in [6.45, 7) is 6.63. The van der Waals surface area contributed by atoms with Crippen molar-refractivity contribution in [2.24, 2.45) is 5.92 Å². The van der Waals surface area contributed by atoms with Crippen molar-refractivity contribution < 1.29 is 4.79 Å². The molecule has 0 spiro atoms. The standard InChI is InChI=1S/C16H22N6O/c1-11(2)8-9-17-16-21-15(10-18-22-16)20-14-6-4-13(5-7-14)19-12(3)23/h4-7,10-11H,8-9H2,1-3H3,(H,19,23)(H2,17,20,21,22). The Morgan fingerprint density at radius 3 is 2.52 bits per heavy atom. The Morgan fingerprint density at radius 1 is 1.17 bits per heavy atom. The lowest BCUT2D eigenvalue weighted by Gasteiger charge is -2.09. The van der Waals surface area contributed by atoms with Crippen LogP contribution in [0.1, 0.15) is 27.2 Å². The van der Waals surface area contributed by atoms with Gasteiger partial charge in [-0.25, -0.2) is 0 Å². The van der Waals surface area contributed by atoms with Crippen LogP contribution < -0.4 is 16.0 Å². The van der Waals surface area contributed by atoms with Gasteiger partial charge in [0.2, 0.25) is 11.9 Å². The summed E-state index contributed by atoms with van der Waals surface area (Å²) >= 11 is 0. The number of anilines is 4. The summed E-state index contributed by atoms with van der Waals surface area (Å²) in [4.78, 5) is 15.4. The van der Waals surface area contributed by atoms with Gasteiger partial charge in [-0.05, 0) is 36.6 Å². The average molecular weight is 314 g/mol. The highest BCUT2D eigenvalue weighted by Gasteiger charge is 2.02. The molecule has 0 saturated heterocycles. The summed E-state index contributed by atoms with van der Waals surface area (Å²) in [5.41, 5.74) is 1.60. The lowest BCUT2D eigenvalue weighted by atomic mass is 10.1. The lowest BCUT2D eigenvalue weighted by molar-refractivity contribution is -0.114. The van der Waals surface area contributed by atoms with Crippen LogP contribution in [0.25, 0.3) is 0 Å². The fourth-order valence-electron chi connectivity index (χ4n) is 1.90. The zero-order valence-electron chi connectivity index (χ0n) is 13.6. The Hall–Kier alpha value is -2.70. The average Bonchev–Trinajstić information content (AvgIpc) is 2.49. The van der Waals surface area contributed by atoms with Gasteiger partial charge in [0, 0.05) is 24.8 Å². The molecule has 0 unspecified atom stereocenters. The molecule has 122 valence electrons. The number of carbonyl (C=O) groups excluding carboxylic acids is 1. The van der Waals surface area contributed by atoms with Crippen LogP contribution in [0.5, 0.6) is 0 Å². The zero-order chi connectivity index (χ0) is 16.7. The molecule has 2 aromatic rings. The molecule has 7 heteroatoms. The molecule has 7 nitrogen and oxygen atoms in total. The van der Waals surface area contributed by atoms with Crippen LogP contribution in [0, 0.1) is 5.92 Å². The van der Waals surface area contributed by atoms with Crippen molar-refractivity contribution in [3.8, 4) is 0 Å². The van der Waals surface area contributed by atoms with Crippen molar-refractivity contribution in [3.05, 3.63) is 30.5 Å². The van der Waals surface area contributed by atoms with Gasteiger partial charge in [0.15, 0.2) is 5.82 Å². The van der Waals surface area contributed by atoms with Gasteiger partial charge in [0.1, 0.15) is 0 Å². The number of nitrogens with one attached hydrogen (secondary N) is 3. The van der Waals surface area contributed by atoms with Crippen molar-refractivity contribution in [1.29, 1.82) is 0 Å². The van der Waals surface area contributed by atoms with E-state index in [-0.39, 0.29) is 5.91 Å². The van der Waals surface area contributed by atoms with Gasteiger partial charge in [-0.3, -0.25) is 4.79 Å². The smallest absolute Gasteiger partial charge is 0.244 e. The van der Waals surface area contributed by atoms with Crippen molar-refractivity contribution in [2.45, 2.75) is 27.2 Å². The van der Waals surface area contributed by atoms with E-state index in [0.717, 1.165) is 24.3 Å². The summed E-state index contributed by atoms with van der Waals surface area (Å²) in [7, 11) is 0. The second kappa shape index (κ2) is 8.07. The fourth-order valence-corrected chi connectivity index (χ4v) is 1.90. The molecule has 1 amide bonds. The maximum Gasteiger partial charge on any atom is 0.244 e. The SMILES string of the molecule is CC(=O)Nc1ccc(Nc2cnnc(NCCC(C)C)n2)cc1. The summed E-state index contributed by atoms with van der Waals surface area (Å²) < 4.78 is 0. The number of hydrogen-bond donors (Lipinski definition) is 3. The second-order valence-corrected chi connectivity index (χ2v) is 5.66. The molecule has 0 aliphatic rings. The van der Waals surface area contributed by atoms with Gasteiger partial charge < -0.3 is 16.0 Å². The first kappa shape index (κ1) is 16.7. The Balaban J connectivity index is 1.95. The summed E-state index contributed by atoms with van der Waals surface area (Å²) in [6.07, 6.45) is 2.61. The van der Waals surface area contributed by atoms with E-state index in [1.54, 1.807) is 6.20 Å². The van der Waals surface area contributed by atoms with Gasteiger partial charge in [-0.2, -0.15) is 10.1 Å². The molecule has 0 bridgehead atoms. The topological polar surface area (TPSA) is 91.8 Å². The zero-order valence-corrected chi connectivity index (χ0v) is 13.6. The van der Waals surface area contributed by atoms with Crippen LogP contribution in [0.3, 0.4) is 0 Å². The van der Waals surface area contributed by atoms with E-state index < -0.39 is 0 Å². The number of carbonyl (C=O) groups is 1. The van der Waals surface area contributed by atoms with Crippen molar-refractivity contribution >= 4 is 29.0 Å². The van der Waals surface area contributed by atoms with Crippen LogP contribution >= 0.6 is 0 Å². The third kappa shape index (κ3) is 5.90. The normalized spacial score (nSPS) is 10.4. The third-order valence-electron chi connectivity index (χ3n) is 3.04. The number of hydrogen-bond acceptors (Lipinski definition) is 6. The molecule has 0 saturated carbocycles. The van der Waals surface area contributed by atoms with E-state index in [1.807, 2.05) is 24.3 Å². The molecule has 0 atom stereocenters. The maximum absolute atomic E-state index is 11.0. The van der Waals surface area contributed by atoms with Crippen LogP contribution in [-0.4, -0.2) is 27.6 Å². The van der Waals surface area contributed by atoms with Crippen LogP contribution in [0.4, 0.5) is 23.1 Å². The van der Waals surface area contributed by atoms with E-state index in [4.69, 9.17) is 0 Å². The molecule has 1 heterocycles. The minimum absolute atomic E-state index is 0.0946. The van der Waals surface area contributed by atoms with Crippen LogP contribution in [0.15, 0.2) is 30.5 Å². The molecule has 23 heavy (non-hydrogen) atoms. The first-order chi connectivity index (χ1) is 11.0. The van der Waals surface area contributed by atoms with Gasteiger partial charge in [0.25, 0.3) is 0 Å². The Morgan fingerprint density at radius 2 is 1.87 bits per heavy atom. The molecule has 0 fully saturated rings. The minimum atomic E-state index is -0.0946. The highest BCUT2D eigenvalue weighted by molar-refractivity contribution is 5.88. The lowest BCUT2D eigenvalue weighted by Crippen LogP contribution is -2.09.